The van der Waals surface area contributed by atoms with E-state index in [1.807, 2.05) is 31.2 Å². The Bertz CT molecular complexity index is 646. The summed E-state index contributed by atoms with van der Waals surface area (Å²) >= 11 is 1.20. The van der Waals surface area contributed by atoms with E-state index in [0.29, 0.717) is 4.90 Å². The Morgan fingerprint density at radius 2 is 1.91 bits per heavy atom. The van der Waals surface area contributed by atoms with Gasteiger partial charge in [0.25, 0.3) is 0 Å². The average molecular weight is 333 g/mol. The van der Waals surface area contributed by atoms with Crippen molar-refractivity contribution in [2.24, 2.45) is 0 Å². The summed E-state index contributed by atoms with van der Waals surface area (Å²) in [5.41, 5.74) is 1.03. The summed E-state index contributed by atoms with van der Waals surface area (Å²) in [6.45, 7) is 2.01. The molecule has 0 fully saturated rings. The Kier molecular flexibility index (Phi) is 6.47. The van der Waals surface area contributed by atoms with Crippen LogP contribution in [0.2, 0.25) is 0 Å². The molecule has 23 heavy (non-hydrogen) atoms. The molecule has 0 radical (unpaired) electrons. The summed E-state index contributed by atoms with van der Waals surface area (Å²) in [6, 6.07) is 14.0. The minimum absolute atomic E-state index is 0.0605. The van der Waals surface area contributed by atoms with E-state index in [9.17, 15) is 9.18 Å². The minimum Gasteiger partial charge on any atom is -0.497 e. The molecule has 0 aliphatic carbocycles. The molecule has 5 heteroatoms. The fourth-order valence-electron chi connectivity index (χ4n) is 2.20. The Labute approximate surface area is 140 Å². The molecule has 2 aromatic rings. The van der Waals surface area contributed by atoms with Crippen LogP contribution in [0, 0.1) is 5.82 Å². The smallest absolute Gasteiger partial charge is 0.230 e. The number of amides is 1. The second kappa shape index (κ2) is 8.58. The maximum atomic E-state index is 13.5. The zero-order valence-corrected chi connectivity index (χ0v) is 14.0. The van der Waals surface area contributed by atoms with Gasteiger partial charge in [-0.05, 0) is 36.2 Å². The first-order valence-corrected chi connectivity index (χ1v) is 8.43. The van der Waals surface area contributed by atoms with Gasteiger partial charge in [0.15, 0.2) is 0 Å². The second-order valence-electron chi connectivity index (χ2n) is 5.02. The molecule has 0 bridgehead atoms. The quantitative estimate of drug-likeness (QED) is 0.772. The lowest BCUT2D eigenvalue weighted by Crippen LogP contribution is -2.29. The van der Waals surface area contributed by atoms with Gasteiger partial charge in [-0.25, -0.2) is 4.39 Å². The van der Waals surface area contributed by atoms with Gasteiger partial charge >= 0.3 is 0 Å². The van der Waals surface area contributed by atoms with E-state index in [4.69, 9.17) is 4.74 Å². The third kappa shape index (κ3) is 4.99. The molecule has 0 aliphatic rings. The molecule has 0 aromatic heterocycles. The summed E-state index contributed by atoms with van der Waals surface area (Å²) in [5, 5.41) is 2.99. The van der Waals surface area contributed by atoms with Gasteiger partial charge in [-0.3, -0.25) is 4.79 Å². The standard InChI is InChI=1S/C18H20FNO2S/c1-3-16(13-8-10-14(22-2)11-9-13)20-18(21)12-23-17-7-5-4-6-15(17)19/h4-11,16H,3,12H2,1-2H3,(H,20,21). The number of carbonyl (C=O) groups is 1. The number of halogens is 1. The van der Waals surface area contributed by atoms with Gasteiger partial charge in [0, 0.05) is 4.90 Å². The highest BCUT2D eigenvalue weighted by Crippen LogP contribution is 2.23. The predicted molar refractivity (Wildman–Crippen MR) is 91.3 cm³/mol. The molecular formula is C18H20FNO2S. The molecule has 1 unspecified atom stereocenters. The van der Waals surface area contributed by atoms with Crippen LogP contribution >= 0.6 is 11.8 Å². The molecule has 2 aromatic carbocycles. The summed E-state index contributed by atoms with van der Waals surface area (Å²) in [7, 11) is 1.62. The van der Waals surface area contributed by atoms with E-state index >= 15 is 0 Å². The maximum absolute atomic E-state index is 13.5. The van der Waals surface area contributed by atoms with Gasteiger partial charge in [0.05, 0.1) is 18.9 Å². The molecule has 3 nitrogen and oxygen atoms in total. The maximum Gasteiger partial charge on any atom is 0.230 e. The van der Waals surface area contributed by atoms with Crippen molar-refractivity contribution < 1.29 is 13.9 Å². The number of carbonyl (C=O) groups excluding carboxylic acids is 1. The summed E-state index contributed by atoms with van der Waals surface area (Å²) in [5.74, 6) is 0.562. The van der Waals surface area contributed by atoms with Crippen LogP contribution in [0.1, 0.15) is 24.9 Å². The van der Waals surface area contributed by atoms with Crippen LogP contribution in [0.3, 0.4) is 0 Å². The highest BCUT2D eigenvalue weighted by atomic mass is 32.2. The molecular weight excluding hydrogens is 313 g/mol. The average Bonchev–Trinajstić information content (AvgIpc) is 2.59. The van der Waals surface area contributed by atoms with Crippen molar-refractivity contribution in [3.05, 3.63) is 59.9 Å². The lowest BCUT2D eigenvalue weighted by Gasteiger charge is -2.17. The highest BCUT2D eigenvalue weighted by molar-refractivity contribution is 8.00. The number of rotatable bonds is 7. The van der Waals surface area contributed by atoms with Crippen molar-refractivity contribution in [2.45, 2.75) is 24.3 Å². The van der Waals surface area contributed by atoms with Gasteiger partial charge in [0.1, 0.15) is 11.6 Å². The normalized spacial score (nSPS) is 11.8. The molecule has 1 amide bonds. The summed E-state index contributed by atoms with van der Waals surface area (Å²) in [4.78, 5) is 12.6. The first-order valence-electron chi connectivity index (χ1n) is 7.44. The molecule has 0 spiro atoms. The van der Waals surface area contributed by atoms with Gasteiger partial charge < -0.3 is 10.1 Å². The number of nitrogens with one attached hydrogen (secondary N) is 1. The summed E-state index contributed by atoms with van der Waals surface area (Å²) in [6.07, 6.45) is 0.780. The van der Waals surface area contributed by atoms with Crippen LogP contribution < -0.4 is 10.1 Å². The molecule has 1 atom stereocenters. The van der Waals surface area contributed by atoms with Crippen molar-refractivity contribution in [1.29, 1.82) is 0 Å². The number of thioether (sulfide) groups is 1. The van der Waals surface area contributed by atoms with Crippen molar-refractivity contribution in [1.82, 2.24) is 5.32 Å². The van der Waals surface area contributed by atoms with Crippen LogP contribution in [0.15, 0.2) is 53.4 Å². The number of benzene rings is 2. The van der Waals surface area contributed by atoms with E-state index in [1.54, 1.807) is 25.3 Å². The Hall–Kier alpha value is -2.01. The Morgan fingerprint density at radius 1 is 1.22 bits per heavy atom. The van der Waals surface area contributed by atoms with Crippen LogP contribution in [-0.4, -0.2) is 18.8 Å². The van der Waals surface area contributed by atoms with Crippen LogP contribution in [0.25, 0.3) is 0 Å². The Morgan fingerprint density at radius 3 is 2.52 bits per heavy atom. The first-order chi connectivity index (χ1) is 11.1. The zero-order chi connectivity index (χ0) is 16.7. The van der Waals surface area contributed by atoms with Crippen molar-refractivity contribution in [2.75, 3.05) is 12.9 Å². The monoisotopic (exact) mass is 333 g/mol. The largest absolute Gasteiger partial charge is 0.497 e. The van der Waals surface area contributed by atoms with Crippen LogP contribution in [-0.2, 0) is 4.79 Å². The summed E-state index contributed by atoms with van der Waals surface area (Å²) < 4.78 is 18.7. The fourth-order valence-corrected chi connectivity index (χ4v) is 2.95. The second-order valence-corrected chi connectivity index (χ2v) is 6.04. The molecule has 122 valence electrons. The zero-order valence-electron chi connectivity index (χ0n) is 13.2. The van der Waals surface area contributed by atoms with Gasteiger partial charge in [-0.1, -0.05) is 31.2 Å². The van der Waals surface area contributed by atoms with Crippen LogP contribution in [0.5, 0.6) is 5.75 Å². The van der Waals surface area contributed by atoms with E-state index in [0.717, 1.165) is 17.7 Å². The molecule has 0 saturated carbocycles. The van der Waals surface area contributed by atoms with Gasteiger partial charge in [0.2, 0.25) is 5.91 Å². The number of ether oxygens (including phenoxy) is 1. The van der Waals surface area contributed by atoms with Gasteiger partial charge in [-0.15, -0.1) is 11.8 Å². The van der Waals surface area contributed by atoms with Crippen LogP contribution in [0.4, 0.5) is 4.39 Å². The number of methoxy groups -OCH3 is 1. The first kappa shape index (κ1) is 17.3. The molecule has 0 saturated heterocycles. The lowest BCUT2D eigenvalue weighted by atomic mass is 10.0. The van der Waals surface area contributed by atoms with Crippen molar-refractivity contribution in [3.63, 3.8) is 0 Å². The molecule has 0 heterocycles. The highest BCUT2D eigenvalue weighted by Gasteiger charge is 2.13. The third-order valence-corrected chi connectivity index (χ3v) is 4.51. The minimum atomic E-state index is -0.299. The van der Waals surface area contributed by atoms with E-state index in [2.05, 4.69) is 5.32 Å². The van der Waals surface area contributed by atoms with E-state index < -0.39 is 0 Å². The third-order valence-electron chi connectivity index (χ3n) is 3.46. The van der Waals surface area contributed by atoms with Crippen molar-refractivity contribution in [3.8, 4) is 5.75 Å². The van der Waals surface area contributed by atoms with Gasteiger partial charge in [-0.2, -0.15) is 0 Å². The topological polar surface area (TPSA) is 38.3 Å². The van der Waals surface area contributed by atoms with Crippen molar-refractivity contribution >= 4 is 17.7 Å². The fraction of sp³-hybridized carbons (Fsp3) is 0.278. The number of hydrogen-bond acceptors (Lipinski definition) is 3. The molecule has 1 N–H and O–H groups in total. The molecule has 2 rings (SSSR count). The Balaban J connectivity index is 1.92. The SMILES string of the molecule is CCC(NC(=O)CSc1ccccc1F)c1ccc(OC)cc1. The molecule has 0 aliphatic heterocycles. The number of hydrogen-bond donors (Lipinski definition) is 1. The van der Waals surface area contributed by atoms with E-state index in [-0.39, 0.29) is 23.5 Å². The lowest BCUT2D eigenvalue weighted by molar-refractivity contribution is -0.119. The predicted octanol–water partition coefficient (Wildman–Crippen LogP) is 4.19. The van der Waals surface area contributed by atoms with E-state index in [1.165, 1.54) is 17.8 Å².